The number of amides is 1. The molecule has 24 heavy (non-hydrogen) atoms. The van der Waals surface area contributed by atoms with E-state index in [1.807, 2.05) is 12.1 Å². The Morgan fingerprint density at radius 3 is 2.38 bits per heavy atom. The third-order valence-electron chi connectivity index (χ3n) is 4.39. The van der Waals surface area contributed by atoms with Gasteiger partial charge in [0.1, 0.15) is 0 Å². The molecule has 0 atom stereocenters. The molecule has 1 heterocycles. The van der Waals surface area contributed by atoms with Crippen LogP contribution >= 0.6 is 0 Å². The Morgan fingerprint density at radius 1 is 1.17 bits per heavy atom. The number of hydrogen-bond acceptors (Lipinski definition) is 5. The first-order valence-corrected chi connectivity index (χ1v) is 8.70. The van der Waals surface area contributed by atoms with Gasteiger partial charge in [-0.3, -0.25) is 9.69 Å². The van der Waals surface area contributed by atoms with Crippen LogP contribution in [-0.2, 0) is 4.79 Å². The fraction of sp³-hybridized carbons (Fsp3) is 0.556. The number of hydrazone groups is 1. The first-order chi connectivity index (χ1) is 11.6. The van der Waals surface area contributed by atoms with Crippen LogP contribution in [-0.4, -0.2) is 74.8 Å². The van der Waals surface area contributed by atoms with Gasteiger partial charge in [0, 0.05) is 45.0 Å². The average Bonchev–Trinajstić information content (AvgIpc) is 2.59. The van der Waals surface area contributed by atoms with E-state index in [4.69, 9.17) is 0 Å². The molecule has 2 rings (SSSR count). The minimum absolute atomic E-state index is 0.0597. The summed E-state index contributed by atoms with van der Waals surface area (Å²) in [6.07, 6.45) is 1.69. The lowest BCUT2D eigenvalue weighted by Gasteiger charge is -2.31. The van der Waals surface area contributed by atoms with Crippen LogP contribution in [0.25, 0.3) is 0 Å². The summed E-state index contributed by atoms with van der Waals surface area (Å²) in [6.45, 7) is 10.6. The summed E-state index contributed by atoms with van der Waals surface area (Å²) in [6, 6.07) is 8.20. The number of rotatable bonds is 7. The summed E-state index contributed by atoms with van der Waals surface area (Å²) in [5.41, 5.74) is 4.80. The number of carbonyl (C=O) groups is 1. The second-order valence-electron chi connectivity index (χ2n) is 6.14. The van der Waals surface area contributed by atoms with E-state index in [0.717, 1.165) is 44.8 Å². The minimum atomic E-state index is -0.0597. The van der Waals surface area contributed by atoms with Gasteiger partial charge in [-0.2, -0.15) is 5.10 Å². The Hall–Kier alpha value is -1.92. The first kappa shape index (κ1) is 18.4. The molecule has 1 fully saturated rings. The molecule has 6 heteroatoms. The van der Waals surface area contributed by atoms with Crippen LogP contribution in [0, 0.1) is 0 Å². The molecule has 0 spiro atoms. The molecule has 1 aliphatic rings. The van der Waals surface area contributed by atoms with E-state index in [1.54, 1.807) is 6.21 Å². The van der Waals surface area contributed by atoms with Crippen molar-refractivity contribution in [1.29, 1.82) is 0 Å². The molecule has 0 unspecified atom stereocenters. The first-order valence-electron chi connectivity index (χ1n) is 8.70. The molecule has 0 saturated carbocycles. The van der Waals surface area contributed by atoms with E-state index in [0.29, 0.717) is 6.54 Å². The van der Waals surface area contributed by atoms with Crippen LogP contribution in [0.1, 0.15) is 19.4 Å². The van der Waals surface area contributed by atoms with Gasteiger partial charge in [-0.05, 0) is 38.6 Å². The van der Waals surface area contributed by atoms with E-state index >= 15 is 0 Å². The molecule has 1 aromatic rings. The lowest BCUT2D eigenvalue weighted by molar-refractivity contribution is -0.122. The summed E-state index contributed by atoms with van der Waals surface area (Å²) in [4.78, 5) is 18.6. The van der Waals surface area contributed by atoms with Crippen molar-refractivity contribution in [3.8, 4) is 0 Å². The SMILES string of the molecule is CCN(CC)c1ccc(/C=N/NC(=O)CN2CCN(C)CC2)cc1. The van der Waals surface area contributed by atoms with Crippen molar-refractivity contribution in [1.82, 2.24) is 15.2 Å². The highest BCUT2D eigenvalue weighted by Gasteiger charge is 2.15. The lowest BCUT2D eigenvalue weighted by Crippen LogP contribution is -2.47. The Morgan fingerprint density at radius 2 is 1.79 bits per heavy atom. The summed E-state index contributed by atoms with van der Waals surface area (Å²) in [7, 11) is 2.10. The highest BCUT2D eigenvalue weighted by Crippen LogP contribution is 2.13. The van der Waals surface area contributed by atoms with Gasteiger partial charge in [-0.25, -0.2) is 5.43 Å². The van der Waals surface area contributed by atoms with Crippen molar-refractivity contribution in [2.75, 3.05) is 57.8 Å². The van der Waals surface area contributed by atoms with Crippen LogP contribution < -0.4 is 10.3 Å². The van der Waals surface area contributed by atoms with Crippen LogP contribution in [0.4, 0.5) is 5.69 Å². The lowest BCUT2D eigenvalue weighted by atomic mass is 10.2. The second-order valence-corrected chi connectivity index (χ2v) is 6.14. The van der Waals surface area contributed by atoms with Crippen LogP contribution in [0.15, 0.2) is 29.4 Å². The Bertz CT molecular complexity index is 531. The minimum Gasteiger partial charge on any atom is -0.372 e. The van der Waals surface area contributed by atoms with Crippen LogP contribution in [0.3, 0.4) is 0 Å². The maximum absolute atomic E-state index is 11.9. The number of piperazine rings is 1. The molecule has 132 valence electrons. The van der Waals surface area contributed by atoms with Crippen molar-refractivity contribution in [3.05, 3.63) is 29.8 Å². The van der Waals surface area contributed by atoms with Gasteiger partial charge in [0.15, 0.2) is 0 Å². The maximum atomic E-state index is 11.9. The van der Waals surface area contributed by atoms with E-state index in [2.05, 4.69) is 58.3 Å². The number of hydrogen-bond donors (Lipinski definition) is 1. The summed E-state index contributed by atoms with van der Waals surface area (Å²) in [5, 5.41) is 4.06. The smallest absolute Gasteiger partial charge is 0.254 e. The number of nitrogens with zero attached hydrogens (tertiary/aromatic N) is 4. The molecule has 0 bridgehead atoms. The summed E-state index contributed by atoms with van der Waals surface area (Å²) in [5.74, 6) is -0.0597. The largest absolute Gasteiger partial charge is 0.372 e. The molecule has 6 nitrogen and oxygen atoms in total. The monoisotopic (exact) mass is 331 g/mol. The molecule has 1 aromatic carbocycles. The molecule has 1 amide bonds. The molecule has 1 N–H and O–H groups in total. The van der Waals surface area contributed by atoms with Gasteiger partial charge >= 0.3 is 0 Å². The Kier molecular flexibility index (Phi) is 7.21. The highest BCUT2D eigenvalue weighted by molar-refractivity contribution is 5.83. The Balaban J connectivity index is 1.77. The Labute approximate surface area is 145 Å². The number of carbonyl (C=O) groups excluding carboxylic acids is 1. The van der Waals surface area contributed by atoms with Gasteiger partial charge in [0.2, 0.25) is 0 Å². The summed E-state index contributed by atoms with van der Waals surface area (Å²) < 4.78 is 0. The zero-order valence-corrected chi connectivity index (χ0v) is 15.0. The molecule has 0 radical (unpaired) electrons. The van der Waals surface area contributed by atoms with Crippen molar-refractivity contribution in [2.24, 2.45) is 5.10 Å². The molecular weight excluding hydrogens is 302 g/mol. The quantitative estimate of drug-likeness (QED) is 0.603. The average molecular weight is 331 g/mol. The molecule has 1 aliphatic heterocycles. The van der Waals surface area contributed by atoms with Crippen molar-refractivity contribution < 1.29 is 4.79 Å². The number of anilines is 1. The van der Waals surface area contributed by atoms with Gasteiger partial charge in [0.05, 0.1) is 12.8 Å². The van der Waals surface area contributed by atoms with Crippen molar-refractivity contribution >= 4 is 17.8 Å². The number of nitrogens with one attached hydrogen (secondary N) is 1. The third kappa shape index (κ3) is 5.62. The third-order valence-corrected chi connectivity index (χ3v) is 4.39. The van der Waals surface area contributed by atoms with E-state index < -0.39 is 0 Å². The van der Waals surface area contributed by atoms with Crippen molar-refractivity contribution in [3.63, 3.8) is 0 Å². The topological polar surface area (TPSA) is 51.2 Å². The fourth-order valence-electron chi connectivity index (χ4n) is 2.78. The number of benzene rings is 1. The fourth-order valence-corrected chi connectivity index (χ4v) is 2.78. The van der Waals surface area contributed by atoms with Gasteiger partial charge in [-0.1, -0.05) is 12.1 Å². The van der Waals surface area contributed by atoms with Crippen molar-refractivity contribution in [2.45, 2.75) is 13.8 Å². The number of likely N-dealkylation sites (N-methyl/N-ethyl adjacent to an activating group) is 1. The zero-order chi connectivity index (χ0) is 17.4. The standard InChI is InChI=1S/C18H29N5O/c1-4-23(5-2)17-8-6-16(7-9-17)14-19-20-18(24)15-22-12-10-21(3)11-13-22/h6-9,14H,4-5,10-13,15H2,1-3H3,(H,20,24)/b19-14+. The van der Waals surface area contributed by atoms with Crippen LogP contribution in [0.2, 0.25) is 0 Å². The predicted molar refractivity (Wildman–Crippen MR) is 99.7 cm³/mol. The molecule has 0 aliphatic carbocycles. The van der Waals surface area contributed by atoms with E-state index in [1.165, 1.54) is 5.69 Å². The molecule has 0 aromatic heterocycles. The summed E-state index contributed by atoms with van der Waals surface area (Å²) >= 11 is 0. The van der Waals surface area contributed by atoms with E-state index in [-0.39, 0.29) is 5.91 Å². The highest BCUT2D eigenvalue weighted by atomic mass is 16.2. The molecule has 1 saturated heterocycles. The van der Waals surface area contributed by atoms with Gasteiger partial charge < -0.3 is 9.80 Å². The zero-order valence-electron chi connectivity index (χ0n) is 15.0. The second kappa shape index (κ2) is 9.39. The van der Waals surface area contributed by atoms with Gasteiger partial charge in [0.25, 0.3) is 5.91 Å². The maximum Gasteiger partial charge on any atom is 0.254 e. The van der Waals surface area contributed by atoms with Crippen LogP contribution in [0.5, 0.6) is 0 Å². The molecular formula is C18H29N5O. The van der Waals surface area contributed by atoms with Gasteiger partial charge in [-0.15, -0.1) is 0 Å². The predicted octanol–water partition coefficient (Wildman–Crippen LogP) is 1.23. The van der Waals surface area contributed by atoms with E-state index in [9.17, 15) is 4.79 Å². The normalized spacial score (nSPS) is 16.5.